The van der Waals surface area contributed by atoms with E-state index < -0.39 is 0 Å². The van der Waals surface area contributed by atoms with E-state index in [-0.39, 0.29) is 11.3 Å². The number of hydrogen-bond acceptors (Lipinski definition) is 2. The standard InChI is InChI=1S/C19H28O2/c1-5-14-15-11-21-10-13(15)9-16(20)17(14)19(4)8-6-7-18(2,3)12-19/h5,11,13,17H,6-10,12H2,1-4H3/b14-5-/t13-,17-,19-/m0/s1. The summed E-state index contributed by atoms with van der Waals surface area (Å²) in [6.45, 7) is 9.82. The first kappa shape index (κ1) is 14.9. The second kappa shape index (κ2) is 5.00. The van der Waals surface area contributed by atoms with Crippen LogP contribution >= 0.6 is 0 Å². The van der Waals surface area contributed by atoms with Crippen LogP contribution in [0.15, 0.2) is 23.5 Å². The molecule has 3 atom stereocenters. The molecule has 0 radical (unpaired) electrons. The van der Waals surface area contributed by atoms with Gasteiger partial charge in [0.05, 0.1) is 12.9 Å². The molecule has 1 heterocycles. The van der Waals surface area contributed by atoms with Gasteiger partial charge in [-0.05, 0) is 48.2 Å². The van der Waals surface area contributed by atoms with Crippen LogP contribution in [-0.4, -0.2) is 12.4 Å². The maximum absolute atomic E-state index is 12.9. The molecule has 2 saturated carbocycles. The Morgan fingerprint density at radius 1 is 1.29 bits per heavy atom. The normalized spacial score (nSPS) is 40.7. The summed E-state index contributed by atoms with van der Waals surface area (Å²) in [5, 5.41) is 0. The number of carbonyl (C=O) groups excluding carboxylic acids is 1. The molecule has 0 amide bonds. The molecule has 0 bridgehead atoms. The number of ether oxygens (including phenoxy) is 1. The molecule has 0 N–H and O–H groups in total. The van der Waals surface area contributed by atoms with Crippen LogP contribution in [0.2, 0.25) is 0 Å². The van der Waals surface area contributed by atoms with E-state index >= 15 is 0 Å². The first-order valence-corrected chi connectivity index (χ1v) is 8.37. The third kappa shape index (κ3) is 2.47. The van der Waals surface area contributed by atoms with Crippen molar-refractivity contribution < 1.29 is 9.53 Å². The quantitative estimate of drug-likeness (QED) is 0.701. The summed E-state index contributed by atoms with van der Waals surface area (Å²) in [7, 11) is 0. The van der Waals surface area contributed by atoms with Gasteiger partial charge in [-0.2, -0.15) is 0 Å². The lowest BCUT2D eigenvalue weighted by Crippen LogP contribution is -2.44. The average molecular weight is 288 g/mol. The van der Waals surface area contributed by atoms with Crippen LogP contribution in [0.4, 0.5) is 0 Å². The molecule has 2 fully saturated rings. The topological polar surface area (TPSA) is 26.3 Å². The highest BCUT2D eigenvalue weighted by molar-refractivity contribution is 5.88. The van der Waals surface area contributed by atoms with E-state index in [0.29, 0.717) is 30.1 Å². The Morgan fingerprint density at radius 3 is 2.71 bits per heavy atom. The predicted octanol–water partition coefficient (Wildman–Crippen LogP) is 4.66. The van der Waals surface area contributed by atoms with Crippen molar-refractivity contribution in [3.05, 3.63) is 23.5 Å². The molecule has 0 saturated heterocycles. The Morgan fingerprint density at radius 2 is 2.05 bits per heavy atom. The minimum absolute atomic E-state index is 0.0753. The van der Waals surface area contributed by atoms with Crippen molar-refractivity contribution in [3.8, 4) is 0 Å². The third-order valence-corrected chi connectivity index (χ3v) is 5.85. The van der Waals surface area contributed by atoms with Crippen LogP contribution in [0.1, 0.15) is 59.8 Å². The summed E-state index contributed by atoms with van der Waals surface area (Å²) in [6.07, 6.45) is 9.59. The summed E-state index contributed by atoms with van der Waals surface area (Å²) in [4.78, 5) is 12.9. The van der Waals surface area contributed by atoms with Crippen LogP contribution in [-0.2, 0) is 9.53 Å². The van der Waals surface area contributed by atoms with Crippen molar-refractivity contribution in [2.75, 3.05) is 6.61 Å². The van der Waals surface area contributed by atoms with E-state index in [0.717, 1.165) is 6.42 Å². The molecule has 0 aromatic rings. The van der Waals surface area contributed by atoms with Gasteiger partial charge in [0.1, 0.15) is 5.78 Å². The first-order valence-electron chi connectivity index (χ1n) is 8.37. The summed E-state index contributed by atoms with van der Waals surface area (Å²) in [6, 6.07) is 0. The van der Waals surface area contributed by atoms with Crippen LogP contribution in [0.3, 0.4) is 0 Å². The van der Waals surface area contributed by atoms with E-state index in [1.54, 1.807) is 0 Å². The molecule has 0 aromatic heterocycles. The highest BCUT2D eigenvalue weighted by atomic mass is 16.5. The number of rotatable bonds is 1. The number of ketones is 1. The smallest absolute Gasteiger partial charge is 0.141 e. The molecule has 2 aliphatic carbocycles. The Balaban J connectivity index is 1.97. The number of carbonyl (C=O) groups is 1. The lowest BCUT2D eigenvalue weighted by Gasteiger charge is -2.49. The lowest BCUT2D eigenvalue weighted by atomic mass is 9.54. The summed E-state index contributed by atoms with van der Waals surface area (Å²) >= 11 is 0. The Bertz CT molecular complexity index is 512. The van der Waals surface area contributed by atoms with E-state index in [2.05, 4.69) is 33.8 Å². The zero-order chi connectivity index (χ0) is 15.3. The van der Waals surface area contributed by atoms with Crippen molar-refractivity contribution in [2.24, 2.45) is 22.7 Å². The molecule has 2 heteroatoms. The summed E-state index contributed by atoms with van der Waals surface area (Å²) in [5.41, 5.74) is 3.01. The fourth-order valence-corrected chi connectivity index (χ4v) is 5.20. The number of Topliss-reactive ketones (excluding diaryl/α,β-unsaturated/α-hetero) is 1. The maximum Gasteiger partial charge on any atom is 0.141 e. The molecule has 3 rings (SSSR count). The highest BCUT2D eigenvalue weighted by Crippen LogP contribution is 2.55. The second-order valence-electron chi connectivity index (χ2n) is 8.30. The van der Waals surface area contributed by atoms with Gasteiger partial charge in [-0.15, -0.1) is 0 Å². The Kier molecular flexibility index (Phi) is 3.54. The molecule has 0 spiro atoms. The van der Waals surface area contributed by atoms with Gasteiger partial charge in [-0.25, -0.2) is 0 Å². The lowest BCUT2D eigenvalue weighted by molar-refractivity contribution is -0.128. The molecule has 1 aliphatic heterocycles. The van der Waals surface area contributed by atoms with Crippen LogP contribution in [0, 0.1) is 22.7 Å². The fraction of sp³-hybridized carbons (Fsp3) is 0.737. The zero-order valence-corrected chi connectivity index (χ0v) is 13.9. The van der Waals surface area contributed by atoms with E-state index in [1.165, 1.54) is 30.4 Å². The van der Waals surface area contributed by atoms with Crippen LogP contribution < -0.4 is 0 Å². The van der Waals surface area contributed by atoms with Gasteiger partial charge in [-0.3, -0.25) is 4.79 Å². The van der Waals surface area contributed by atoms with Crippen LogP contribution in [0.25, 0.3) is 0 Å². The largest absolute Gasteiger partial charge is 0.500 e. The van der Waals surface area contributed by atoms with Gasteiger partial charge in [0, 0.05) is 18.3 Å². The van der Waals surface area contributed by atoms with Crippen molar-refractivity contribution >= 4 is 5.78 Å². The zero-order valence-electron chi connectivity index (χ0n) is 13.9. The van der Waals surface area contributed by atoms with Crippen molar-refractivity contribution in [1.29, 1.82) is 0 Å². The average Bonchev–Trinajstić information content (AvgIpc) is 2.82. The van der Waals surface area contributed by atoms with Crippen LogP contribution in [0.5, 0.6) is 0 Å². The molecular formula is C19H28O2. The summed E-state index contributed by atoms with van der Waals surface area (Å²) in [5.74, 6) is 0.822. The van der Waals surface area contributed by atoms with Crippen molar-refractivity contribution in [1.82, 2.24) is 0 Å². The molecule has 21 heavy (non-hydrogen) atoms. The monoisotopic (exact) mass is 288 g/mol. The molecule has 2 nitrogen and oxygen atoms in total. The van der Waals surface area contributed by atoms with Crippen molar-refractivity contribution in [3.63, 3.8) is 0 Å². The number of allylic oxidation sites excluding steroid dienone is 2. The first-order chi connectivity index (χ1) is 9.86. The van der Waals surface area contributed by atoms with Gasteiger partial charge in [0.25, 0.3) is 0 Å². The minimum atomic E-state index is 0.0753. The van der Waals surface area contributed by atoms with Crippen molar-refractivity contribution in [2.45, 2.75) is 59.8 Å². The van der Waals surface area contributed by atoms with Gasteiger partial charge in [-0.1, -0.05) is 33.3 Å². The number of fused-ring (bicyclic) bond motifs is 1. The second-order valence-corrected chi connectivity index (χ2v) is 8.30. The Labute approximate surface area is 128 Å². The SMILES string of the molecule is C/C=C1/C2=COC[C@@H]2CC(=O)[C@H]1[C@@]1(C)CCCC(C)(C)C1. The molecule has 0 unspecified atom stereocenters. The third-order valence-electron chi connectivity index (χ3n) is 5.85. The molecule has 0 aromatic carbocycles. The van der Waals surface area contributed by atoms with E-state index in [9.17, 15) is 4.79 Å². The molecular weight excluding hydrogens is 260 g/mol. The molecule has 116 valence electrons. The summed E-state index contributed by atoms with van der Waals surface area (Å²) < 4.78 is 5.53. The highest BCUT2D eigenvalue weighted by Gasteiger charge is 2.50. The molecule has 3 aliphatic rings. The van der Waals surface area contributed by atoms with Gasteiger partial charge < -0.3 is 4.74 Å². The van der Waals surface area contributed by atoms with Gasteiger partial charge >= 0.3 is 0 Å². The number of hydrogen-bond donors (Lipinski definition) is 0. The van der Waals surface area contributed by atoms with E-state index in [4.69, 9.17) is 4.74 Å². The minimum Gasteiger partial charge on any atom is -0.500 e. The van der Waals surface area contributed by atoms with E-state index in [1.807, 2.05) is 6.26 Å². The fourth-order valence-electron chi connectivity index (χ4n) is 5.20. The van der Waals surface area contributed by atoms with Gasteiger partial charge in [0.15, 0.2) is 0 Å². The Hall–Kier alpha value is -1.05. The van der Waals surface area contributed by atoms with Gasteiger partial charge in [0.2, 0.25) is 0 Å². The predicted molar refractivity (Wildman–Crippen MR) is 84.8 cm³/mol. The maximum atomic E-state index is 12.9.